The molecule has 0 aliphatic carbocycles. The van der Waals surface area contributed by atoms with E-state index in [9.17, 15) is 37.5 Å². The molecule has 4 atom stereocenters. The van der Waals surface area contributed by atoms with E-state index in [1.54, 1.807) is 17.3 Å². The Morgan fingerprint density at radius 2 is 1.40 bits per heavy atom. The molecule has 2 aliphatic heterocycles. The molecule has 5 N–H and O–H groups in total. The lowest BCUT2D eigenvalue weighted by Crippen LogP contribution is -2.51. The van der Waals surface area contributed by atoms with Gasteiger partial charge in [0.05, 0.1) is 52.6 Å². The number of carbonyl (C=O) groups is 5. The van der Waals surface area contributed by atoms with Crippen molar-refractivity contribution in [3.8, 4) is 33.8 Å². The molecule has 2 aliphatic rings. The highest BCUT2D eigenvalue weighted by atomic mass is 19.4. The summed E-state index contributed by atoms with van der Waals surface area (Å²) in [5.74, 6) is -2.13. The fourth-order valence-corrected chi connectivity index (χ4v) is 8.75. The molecule has 20 heteroatoms. The van der Waals surface area contributed by atoms with E-state index >= 15 is 0 Å². The second-order valence-electron chi connectivity index (χ2n) is 17.1. The van der Waals surface area contributed by atoms with Crippen LogP contribution in [-0.4, -0.2) is 123 Å². The van der Waals surface area contributed by atoms with Crippen molar-refractivity contribution in [1.82, 2.24) is 49.9 Å². The molecular weight excluding hydrogens is 886 g/mol. The number of nitrogens with one attached hydrogen (secondary N) is 3. The molecule has 4 amide bonds. The van der Waals surface area contributed by atoms with Crippen LogP contribution >= 0.6 is 0 Å². The van der Waals surface area contributed by atoms with Crippen LogP contribution in [-0.2, 0) is 25.6 Å². The fourth-order valence-electron chi connectivity index (χ4n) is 8.75. The fraction of sp³-hybridized carbons (Fsp3) is 0.354. The van der Waals surface area contributed by atoms with Gasteiger partial charge in [-0.3, -0.25) is 24.3 Å². The van der Waals surface area contributed by atoms with Crippen molar-refractivity contribution in [2.24, 2.45) is 5.92 Å². The van der Waals surface area contributed by atoms with E-state index in [-0.39, 0.29) is 35.7 Å². The molecule has 0 unspecified atom stereocenters. The number of aromatic amines is 2. The summed E-state index contributed by atoms with van der Waals surface area (Å²) in [6.07, 6.45) is 2.72. The molecule has 17 nitrogen and oxygen atoms in total. The van der Waals surface area contributed by atoms with Gasteiger partial charge in [0.25, 0.3) is 0 Å². The van der Waals surface area contributed by atoms with Gasteiger partial charge in [-0.05, 0) is 49.3 Å². The Bertz CT molecular complexity index is 2780. The summed E-state index contributed by atoms with van der Waals surface area (Å²) in [5, 5.41) is 19.6. The average molecular weight is 937 g/mol. The molecular formula is C48H51F3N10O7. The number of alkyl halides is 3. The topological polar surface area (TPSA) is 231 Å². The minimum atomic E-state index is -5.08. The van der Waals surface area contributed by atoms with Crippen LogP contribution in [0.25, 0.3) is 44.8 Å². The molecule has 3 aromatic heterocycles. The number of halogens is 3. The van der Waals surface area contributed by atoms with Gasteiger partial charge in [-0.15, -0.1) is 0 Å². The number of carbonyl (C=O) groups excluding carboxylic acids is 3. The summed E-state index contributed by atoms with van der Waals surface area (Å²) in [6, 6.07) is 21.6. The second kappa shape index (κ2) is 20.5. The standard InChI is InChI=1S/C46H50N10O5.C2HF3O2/c1-27(2)41(54(4)46(60)61)45(59)56-21-9-13-40(56)43-48-25-37(52-43)31-16-14-30(15-17-31)36-24-47-34-23-32(18-19-33(34)51-36)38-26-49-42(53-38)39-12-8-20-55(39)44(58)35(50-28(3)57)22-29-10-6-5-7-11-29;3-2(4,5)1(6)7/h5-7,10-11,14-19,23-27,35,39-41H,8-9,12-13,20-22H2,1-4H3,(H,48,52)(H,49,53)(H,50,57)(H,60,61);(H,6,7)/t35-,39-,40-,41-;/m0./s1. The third-order valence-corrected chi connectivity index (χ3v) is 12.0. The summed E-state index contributed by atoms with van der Waals surface area (Å²) < 4.78 is 31.7. The zero-order valence-corrected chi connectivity index (χ0v) is 37.7. The quantitative estimate of drug-likeness (QED) is 0.0811. The van der Waals surface area contributed by atoms with E-state index in [0.29, 0.717) is 31.2 Å². The lowest BCUT2D eigenvalue weighted by Gasteiger charge is -2.33. The molecule has 0 spiro atoms. The van der Waals surface area contributed by atoms with Gasteiger partial charge < -0.3 is 35.3 Å². The number of carboxylic acids is 1. The number of amides is 4. The van der Waals surface area contributed by atoms with Gasteiger partial charge >= 0.3 is 18.2 Å². The van der Waals surface area contributed by atoms with Gasteiger partial charge in [-0.25, -0.2) is 24.5 Å². The third-order valence-electron chi connectivity index (χ3n) is 12.0. The number of likely N-dealkylation sites (N-methyl/N-ethyl adjacent to an activating group) is 1. The summed E-state index contributed by atoms with van der Waals surface area (Å²) in [4.78, 5) is 90.9. The van der Waals surface area contributed by atoms with Gasteiger partial charge in [0, 0.05) is 56.4 Å². The van der Waals surface area contributed by atoms with E-state index < -0.39 is 30.3 Å². The molecule has 0 saturated carbocycles. The van der Waals surface area contributed by atoms with Crippen molar-refractivity contribution in [2.45, 2.75) is 83.2 Å². The number of hydrogen-bond donors (Lipinski definition) is 5. The molecule has 2 fully saturated rings. The molecule has 5 heterocycles. The van der Waals surface area contributed by atoms with Crippen LogP contribution in [0.5, 0.6) is 0 Å². The summed E-state index contributed by atoms with van der Waals surface area (Å²) in [6.45, 7) is 6.29. The molecule has 8 rings (SSSR count). The van der Waals surface area contributed by atoms with Crippen LogP contribution in [0.4, 0.5) is 18.0 Å². The molecule has 3 aromatic carbocycles. The van der Waals surface area contributed by atoms with E-state index in [1.807, 2.05) is 97.7 Å². The van der Waals surface area contributed by atoms with Crippen LogP contribution in [0.1, 0.15) is 75.8 Å². The predicted molar refractivity (Wildman–Crippen MR) is 243 cm³/mol. The third kappa shape index (κ3) is 11.0. The van der Waals surface area contributed by atoms with Crippen LogP contribution in [0.15, 0.2) is 91.4 Å². The number of carboxylic acid groups (broad SMARTS) is 2. The molecule has 356 valence electrons. The monoisotopic (exact) mass is 936 g/mol. The molecule has 6 aromatic rings. The highest BCUT2D eigenvalue weighted by Crippen LogP contribution is 2.35. The average Bonchev–Trinajstić information content (AvgIpc) is 4.16. The van der Waals surface area contributed by atoms with Crippen molar-refractivity contribution in [3.05, 3.63) is 109 Å². The number of rotatable bonds is 12. The van der Waals surface area contributed by atoms with Gasteiger partial charge in [-0.1, -0.05) is 74.5 Å². The van der Waals surface area contributed by atoms with Crippen LogP contribution in [0.3, 0.4) is 0 Å². The van der Waals surface area contributed by atoms with Gasteiger partial charge in [-0.2, -0.15) is 13.2 Å². The first-order valence-electron chi connectivity index (χ1n) is 22.1. The Kier molecular flexibility index (Phi) is 14.5. The van der Waals surface area contributed by atoms with Gasteiger partial charge in [0.15, 0.2) is 0 Å². The molecule has 2 saturated heterocycles. The Morgan fingerprint density at radius 3 is 2.00 bits per heavy atom. The minimum absolute atomic E-state index is 0.119. The van der Waals surface area contributed by atoms with Gasteiger partial charge in [0.1, 0.15) is 23.7 Å². The Labute approximate surface area is 388 Å². The maximum atomic E-state index is 13.9. The Morgan fingerprint density at radius 1 is 0.794 bits per heavy atom. The Hall–Kier alpha value is -7.64. The van der Waals surface area contributed by atoms with E-state index in [0.717, 1.165) is 81.0 Å². The number of H-pyrrole nitrogens is 2. The highest BCUT2D eigenvalue weighted by molar-refractivity contribution is 5.88. The van der Waals surface area contributed by atoms with Crippen molar-refractivity contribution < 1.29 is 47.4 Å². The minimum Gasteiger partial charge on any atom is -0.475 e. The number of likely N-dealkylation sites (tertiary alicyclic amines) is 2. The van der Waals surface area contributed by atoms with Crippen molar-refractivity contribution in [1.29, 1.82) is 0 Å². The SMILES string of the molecule is CC(=O)N[C@@H](Cc1ccccc1)C(=O)N1CCC[C@H]1c1ncc(-c2ccc3nc(-c4ccc(-c5c[nH]c([C@@H]6CCCN6C(=O)[C@H](C(C)C)N(C)C(=O)O)n5)cc4)cnc3c2)[nH]1.O=C(O)C(F)(F)F. The van der Waals surface area contributed by atoms with E-state index in [1.165, 1.54) is 14.0 Å². The van der Waals surface area contributed by atoms with Crippen LogP contribution in [0, 0.1) is 5.92 Å². The number of fused-ring (bicyclic) bond motifs is 1. The van der Waals surface area contributed by atoms with E-state index in [2.05, 4.69) is 15.3 Å². The Balaban J connectivity index is 0.000000908. The van der Waals surface area contributed by atoms with Gasteiger partial charge in [0.2, 0.25) is 17.7 Å². The lowest BCUT2D eigenvalue weighted by molar-refractivity contribution is -0.192. The number of aromatic nitrogens is 6. The largest absolute Gasteiger partial charge is 0.490 e. The first-order chi connectivity index (χ1) is 32.4. The van der Waals surface area contributed by atoms with Crippen molar-refractivity contribution in [2.75, 3.05) is 20.1 Å². The smallest absolute Gasteiger partial charge is 0.475 e. The molecule has 0 bridgehead atoms. The lowest BCUT2D eigenvalue weighted by atomic mass is 10.0. The zero-order chi connectivity index (χ0) is 48.9. The predicted octanol–water partition coefficient (Wildman–Crippen LogP) is 7.42. The van der Waals surface area contributed by atoms with Crippen molar-refractivity contribution in [3.63, 3.8) is 0 Å². The van der Waals surface area contributed by atoms with Crippen LogP contribution in [0.2, 0.25) is 0 Å². The number of aliphatic carboxylic acids is 1. The highest BCUT2D eigenvalue weighted by Gasteiger charge is 2.40. The van der Waals surface area contributed by atoms with E-state index in [4.69, 9.17) is 29.8 Å². The zero-order valence-electron chi connectivity index (χ0n) is 37.7. The second-order valence-corrected chi connectivity index (χ2v) is 17.1. The van der Waals surface area contributed by atoms with Crippen molar-refractivity contribution >= 4 is 40.8 Å². The first-order valence-corrected chi connectivity index (χ1v) is 22.1. The summed E-state index contributed by atoms with van der Waals surface area (Å²) in [5.41, 5.74) is 7.40. The normalized spacial score (nSPS) is 16.8. The summed E-state index contributed by atoms with van der Waals surface area (Å²) >= 11 is 0. The first kappa shape index (κ1) is 48.3. The number of benzene rings is 3. The summed E-state index contributed by atoms with van der Waals surface area (Å²) in [7, 11) is 1.44. The maximum absolute atomic E-state index is 13.9. The molecule has 68 heavy (non-hydrogen) atoms. The molecule has 0 radical (unpaired) electrons. The number of imidazole rings is 2. The maximum Gasteiger partial charge on any atom is 0.490 e. The number of hydrogen-bond acceptors (Lipinski definition) is 9. The number of nitrogens with zero attached hydrogens (tertiary/aromatic N) is 7. The van der Waals surface area contributed by atoms with Crippen LogP contribution < -0.4 is 5.32 Å².